The lowest BCUT2D eigenvalue weighted by atomic mass is 10.1. The molecule has 0 fully saturated rings. The van der Waals surface area contributed by atoms with Gasteiger partial charge in [0.1, 0.15) is 11.2 Å². The van der Waals surface area contributed by atoms with Crippen molar-refractivity contribution < 1.29 is 4.42 Å². The van der Waals surface area contributed by atoms with E-state index in [1.54, 1.807) is 6.07 Å². The molecule has 16 heavy (non-hydrogen) atoms. The van der Waals surface area contributed by atoms with Crippen molar-refractivity contribution in [1.29, 1.82) is 5.26 Å². The van der Waals surface area contributed by atoms with Crippen LogP contribution in [0.5, 0.6) is 0 Å². The van der Waals surface area contributed by atoms with Crippen molar-refractivity contribution in [3.8, 4) is 6.07 Å². The SMILES string of the molecule is Cc1cccc2c1oc1ccc(C#N)cc12. The predicted molar refractivity (Wildman–Crippen MR) is 63.2 cm³/mol. The van der Waals surface area contributed by atoms with Crippen LogP contribution in [0.4, 0.5) is 0 Å². The van der Waals surface area contributed by atoms with E-state index in [-0.39, 0.29) is 0 Å². The molecule has 3 aromatic rings. The molecule has 2 heteroatoms. The second-order valence-electron chi connectivity index (χ2n) is 3.88. The number of para-hydroxylation sites is 1. The third-order valence-corrected chi connectivity index (χ3v) is 2.82. The molecule has 0 N–H and O–H groups in total. The Morgan fingerprint density at radius 2 is 2.00 bits per heavy atom. The van der Waals surface area contributed by atoms with E-state index in [1.165, 1.54) is 0 Å². The minimum absolute atomic E-state index is 0.664. The minimum Gasteiger partial charge on any atom is -0.456 e. The van der Waals surface area contributed by atoms with Crippen LogP contribution in [0.15, 0.2) is 40.8 Å². The molecule has 0 aliphatic carbocycles. The summed E-state index contributed by atoms with van der Waals surface area (Å²) in [5.41, 5.74) is 3.53. The van der Waals surface area contributed by atoms with E-state index in [0.717, 1.165) is 27.5 Å². The predicted octanol–water partition coefficient (Wildman–Crippen LogP) is 3.77. The molecule has 76 valence electrons. The molecule has 0 aliphatic rings. The molecule has 0 aliphatic heterocycles. The van der Waals surface area contributed by atoms with Crippen LogP contribution in [0, 0.1) is 18.3 Å². The fourth-order valence-electron chi connectivity index (χ4n) is 2.01. The standard InChI is InChI=1S/C14H9NO/c1-9-3-2-4-11-12-7-10(8-15)5-6-13(12)16-14(9)11/h2-7H,1H3. The summed E-state index contributed by atoms with van der Waals surface area (Å²) in [5, 5.41) is 11.0. The van der Waals surface area contributed by atoms with Gasteiger partial charge in [-0.2, -0.15) is 5.26 Å². The van der Waals surface area contributed by atoms with Gasteiger partial charge in [-0.15, -0.1) is 0 Å². The van der Waals surface area contributed by atoms with Gasteiger partial charge in [-0.1, -0.05) is 18.2 Å². The van der Waals surface area contributed by atoms with Gasteiger partial charge < -0.3 is 4.42 Å². The summed E-state index contributed by atoms with van der Waals surface area (Å²) >= 11 is 0. The summed E-state index contributed by atoms with van der Waals surface area (Å²) in [7, 11) is 0. The van der Waals surface area contributed by atoms with Crippen LogP contribution >= 0.6 is 0 Å². The van der Waals surface area contributed by atoms with Gasteiger partial charge in [0.05, 0.1) is 11.6 Å². The summed E-state index contributed by atoms with van der Waals surface area (Å²) in [6.07, 6.45) is 0. The molecule has 0 saturated heterocycles. The highest BCUT2D eigenvalue weighted by Gasteiger charge is 2.08. The van der Waals surface area contributed by atoms with Crippen LogP contribution in [0.25, 0.3) is 21.9 Å². The van der Waals surface area contributed by atoms with E-state index < -0.39 is 0 Å². The molecular formula is C14H9NO. The molecule has 0 unspecified atom stereocenters. The molecule has 0 radical (unpaired) electrons. The number of benzene rings is 2. The third-order valence-electron chi connectivity index (χ3n) is 2.82. The number of nitriles is 1. The molecule has 0 amide bonds. The molecular weight excluding hydrogens is 198 g/mol. The highest BCUT2D eigenvalue weighted by molar-refractivity contribution is 6.06. The Hall–Kier alpha value is -2.27. The number of hydrogen-bond acceptors (Lipinski definition) is 2. The van der Waals surface area contributed by atoms with Gasteiger partial charge in [0.2, 0.25) is 0 Å². The maximum absolute atomic E-state index is 8.88. The molecule has 2 aromatic carbocycles. The van der Waals surface area contributed by atoms with Crippen LogP contribution in [0.1, 0.15) is 11.1 Å². The van der Waals surface area contributed by atoms with Crippen molar-refractivity contribution in [2.45, 2.75) is 6.92 Å². The molecule has 2 nitrogen and oxygen atoms in total. The van der Waals surface area contributed by atoms with E-state index >= 15 is 0 Å². The third kappa shape index (κ3) is 1.12. The molecule has 0 bridgehead atoms. The second kappa shape index (κ2) is 3.11. The van der Waals surface area contributed by atoms with E-state index in [1.807, 2.05) is 37.3 Å². The summed E-state index contributed by atoms with van der Waals surface area (Å²) < 4.78 is 5.77. The molecule has 0 atom stereocenters. The summed E-state index contributed by atoms with van der Waals surface area (Å²) in [4.78, 5) is 0. The maximum atomic E-state index is 8.88. The van der Waals surface area contributed by atoms with Crippen molar-refractivity contribution in [1.82, 2.24) is 0 Å². The Bertz CT molecular complexity index is 731. The van der Waals surface area contributed by atoms with Gasteiger partial charge >= 0.3 is 0 Å². The average molecular weight is 207 g/mol. The lowest BCUT2D eigenvalue weighted by Gasteiger charge is -1.92. The van der Waals surface area contributed by atoms with Gasteiger partial charge in [0, 0.05) is 10.8 Å². The van der Waals surface area contributed by atoms with Gasteiger partial charge in [0.15, 0.2) is 0 Å². The number of nitrogens with zero attached hydrogens (tertiary/aromatic N) is 1. The topological polar surface area (TPSA) is 36.9 Å². The molecule has 0 spiro atoms. The number of rotatable bonds is 0. The first-order valence-corrected chi connectivity index (χ1v) is 5.11. The fourth-order valence-corrected chi connectivity index (χ4v) is 2.01. The first-order chi connectivity index (χ1) is 7.79. The minimum atomic E-state index is 0.664. The largest absolute Gasteiger partial charge is 0.456 e. The second-order valence-corrected chi connectivity index (χ2v) is 3.88. The molecule has 0 saturated carbocycles. The number of aryl methyl sites for hydroxylation is 1. The van der Waals surface area contributed by atoms with Gasteiger partial charge in [-0.3, -0.25) is 0 Å². The first kappa shape index (κ1) is 8.99. The zero-order valence-electron chi connectivity index (χ0n) is 8.82. The lowest BCUT2D eigenvalue weighted by Crippen LogP contribution is -1.73. The Labute approximate surface area is 92.7 Å². The number of furan rings is 1. The molecule has 1 aromatic heterocycles. The van der Waals surface area contributed by atoms with E-state index in [2.05, 4.69) is 6.07 Å². The highest BCUT2D eigenvalue weighted by atomic mass is 16.3. The van der Waals surface area contributed by atoms with Crippen LogP contribution in [0.2, 0.25) is 0 Å². The quantitative estimate of drug-likeness (QED) is 0.562. The highest BCUT2D eigenvalue weighted by Crippen LogP contribution is 2.30. The number of fused-ring (bicyclic) bond motifs is 3. The first-order valence-electron chi connectivity index (χ1n) is 5.11. The summed E-state index contributed by atoms with van der Waals surface area (Å²) in [6.45, 7) is 2.02. The maximum Gasteiger partial charge on any atom is 0.138 e. The Morgan fingerprint density at radius 3 is 2.81 bits per heavy atom. The van der Waals surface area contributed by atoms with Crippen LogP contribution < -0.4 is 0 Å². The number of hydrogen-bond donors (Lipinski definition) is 0. The molecule has 1 heterocycles. The van der Waals surface area contributed by atoms with Gasteiger partial charge in [-0.25, -0.2) is 0 Å². The summed E-state index contributed by atoms with van der Waals surface area (Å²) in [6, 6.07) is 13.7. The fraction of sp³-hybridized carbons (Fsp3) is 0.0714. The Kier molecular flexibility index (Phi) is 1.75. The van der Waals surface area contributed by atoms with Crippen LogP contribution in [-0.4, -0.2) is 0 Å². The Balaban J connectivity index is 2.54. The molecule has 3 rings (SSSR count). The normalized spacial score (nSPS) is 10.8. The smallest absolute Gasteiger partial charge is 0.138 e. The van der Waals surface area contributed by atoms with Crippen LogP contribution in [0.3, 0.4) is 0 Å². The lowest BCUT2D eigenvalue weighted by molar-refractivity contribution is 0.666. The van der Waals surface area contributed by atoms with Crippen molar-refractivity contribution >= 4 is 21.9 Å². The van der Waals surface area contributed by atoms with E-state index in [0.29, 0.717) is 5.56 Å². The van der Waals surface area contributed by atoms with Crippen LogP contribution in [-0.2, 0) is 0 Å². The van der Waals surface area contributed by atoms with Crippen molar-refractivity contribution in [3.05, 3.63) is 47.5 Å². The van der Waals surface area contributed by atoms with Crippen molar-refractivity contribution in [3.63, 3.8) is 0 Å². The van der Waals surface area contributed by atoms with Crippen molar-refractivity contribution in [2.75, 3.05) is 0 Å². The average Bonchev–Trinajstić information content (AvgIpc) is 2.68. The Morgan fingerprint density at radius 1 is 1.12 bits per heavy atom. The van der Waals surface area contributed by atoms with Gasteiger partial charge in [-0.05, 0) is 30.7 Å². The van der Waals surface area contributed by atoms with Crippen molar-refractivity contribution in [2.24, 2.45) is 0 Å². The van der Waals surface area contributed by atoms with E-state index in [9.17, 15) is 0 Å². The zero-order valence-corrected chi connectivity index (χ0v) is 8.82. The van der Waals surface area contributed by atoms with Gasteiger partial charge in [0.25, 0.3) is 0 Å². The monoisotopic (exact) mass is 207 g/mol. The van der Waals surface area contributed by atoms with E-state index in [4.69, 9.17) is 9.68 Å². The zero-order chi connectivity index (χ0) is 11.1. The summed E-state index contributed by atoms with van der Waals surface area (Å²) in [5.74, 6) is 0.